The third kappa shape index (κ3) is 3.34. The summed E-state index contributed by atoms with van der Waals surface area (Å²) < 4.78 is 6.31. The van der Waals surface area contributed by atoms with Crippen LogP contribution in [0.3, 0.4) is 0 Å². The van der Waals surface area contributed by atoms with Crippen molar-refractivity contribution in [2.24, 2.45) is 0 Å². The molecule has 0 atom stereocenters. The number of ketones is 1. The maximum absolute atomic E-state index is 12.2. The monoisotopic (exact) mass is 388 g/mol. The van der Waals surface area contributed by atoms with E-state index in [1.54, 1.807) is 12.1 Å². The fraction of sp³-hybridized carbons (Fsp3) is 0.222. The van der Waals surface area contributed by atoms with Crippen molar-refractivity contribution in [3.63, 3.8) is 0 Å². The minimum Gasteiger partial charge on any atom is -0.492 e. The standard InChI is InChI=1S/C18H17BrN2O3/c1-20(10-11-24-13-6-3-2-4-7-13)12-21-15-9-5-8-14(19)16(15)17(22)18(21)23/h2-9H,10-12H2,1H3. The Bertz CT molecular complexity index is 764. The van der Waals surface area contributed by atoms with Crippen LogP contribution >= 0.6 is 15.9 Å². The second-order valence-electron chi connectivity index (χ2n) is 5.58. The zero-order chi connectivity index (χ0) is 17.1. The predicted octanol–water partition coefficient (Wildman–Crippen LogP) is 2.95. The van der Waals surface area contributed by atoms with Gasteiger partial charge < -0.3 is 4.74 Å². The molecule has 0 N–H and O–H groups in total. The first-order chi connectivity index (χ1) is 11.6. The van der Waals surface area contributed by atoms with E-state index in [9.17, 15) is 9.59 Å². The van der Waals surface area contributed by atoms with Crippen LogP contribution in [0.1, 0.15) is 10.4 Å². The van der Waals surface area contributed by atoms with Crippen LogP contribution in [-0.4, -0.2) is 43.5 Å². The van der Waals surface area contributed by atoms with Gasteiger partial charge in [0, 0.05) is 11.0 Å². The summed E-state index contributed by atoms with van der Waals surface area (Å²) in [5.41, 5.74) is 1.09. The van der Waals surface area contributed by atoms with E-state index in [-0.39, 0.29) is 0 Å². The van der Waals surface area contributed by atoms with Gasteiger partial charge in [0.25, 0.3) is 5.78 Å². The molecule has 1 aliphatic heterocycles. The minimum absolute atomic E-state index is 0.339. The summed E-state index contributed by atoms with van der Waals surface area (Å²) >= 11 is 3.34. The number of halogens is 1. The molecule has 1 amide bonds. The summed E-state index contributed by atoms with van der Waals surface area (Å²) in [5.74, 6) is -0.147. The summed E-state index contributed by atoms with van der Waals surface area (Å²) in [6, 6.07) is 14.9. The zero-order valence-electron chi connectivity index (χ0n) is 13.2. The molecule has 0 fully saturated rings. The van der Waals surface area contributed by atoms with Crippen molar-refractivity contribution < 1.29 is 14.3 Å². The molecule has 2 aromatic rings. The molecule has 0 aromatic heterocycles. The lowest BCUT2D eigenvalue weighted by molar-refractivity contribution is -0.114. The van der Waals surface area contributed by atoms with E-state index in [1.165, 1.54) is 4.90 Å². The van der Waals surface area contributed by atoms with Gasteiger partial charge in [-0.05, 0) is 47.2 Å². The molecule has 1 aliphatic rings. The zero-order valence-corrected chi connectivity index (χ0v) is 14.8. The van der Waals surface area contributed by atoms with Crippen LogP contribution in [0.25, 0.3) is 0 Å². The molecule has 0 saturated carbocycles. The fourth-order valence-corrected chi connectivity index (χ4v) is 3.13. The van der Waals surface area contributed by atoms with E-state index in [1.807, 2.05) is 48.3 Å². The third-order valence-electron chi connectivity index (χ3n) is 3.82. The fourth-order valence-electron chi connectivity index (χ4n) is 2.59. The van der Waals surface area contributed by atoms with Crippen molar-refractivity contribution >= 4 is 33.3 Å². The van der Waals surface area contributed by atoms with Gasteiger partial charge in [0.1, 0.15) is 12.4 Å². The van der Waals surface area contributed by atoms with E-state index < -0.39 is 11.7 Å². The first-order valence-corrected chi connectivity index (χ1v) is 8.38. The number of carbonyl (C=O) groups is 2. The molecule has 6 heteroatoms. The summed E-state index contributed by atoms with van der Waals surface area (Å²) in [5, 5.41) is 0. The van der Waals surface area contributed by atoms with Gasteiger partial charge >= 0.3 is 5.91 Å². The Balaban J connectivity index is 1.61. The van der Waals surface area contributed by atoms with Crippen molar-refractivity contribution in [1.29, 1.82) is 0 Å². The number of Topliss-reactive ketones (excluding diaryl/α,β-unsaturated/α-hetero) is 1. The number of amides is 1. The number of likely N-dealkylation sites (N-methyl/N-ethyl adjacent to an activating group) is 1. The van der Waals surface area contributed by atoms with Crippen LogP contribution in [0.15, 0.2) is 53.0 Å². The normalized spacial score (nSPS) is 13.5. The molecular formula is C18H17BrN2O3. The number of fused-ring (bicyclic) bond motifs is 1. The van der Waals surface area contributed by atoms with Crippen LogP contribution in [0.5, 0.6) is 5.75 Å². The Morgan fingerprint density at radius 1 is 1.08 bits per heavy atom. The number of carbonyl (C=O) groups excluding carboxylic acids is 2. The Hall–Kier alpha value is -2.18. The highest BCUT2D eigenvalue weighted by molar-refractivity contribution is 9.10. The van der Waals surface area contributed by atoms with Gasteiger partial charge in [-0.3, -0.25) is 19.4 Å². The van der Waals surface area contributed by atoms with Crippen molar-refractivity contribution in [3.8, 4) is 5.75 Å². The first-order valence-electron chi connectivity index (χ1n) is 7.59. The number of hydrogen-bond acceptors (Lipinski definition) is 4. The topological polar surface area (TPSA) is 49.9 Å². The van der Waals surface area contributed by atoms with Gasteiger partial charge in [0.15, 0.2) is 0 Å². The molecule has 1 heterocycles. The average molecular weight is 389 g/mol. The van der Waals surface area contributed by atoms with Crippen LogP contribution in [0.2, 0.25) is 0 Å². The number of rotatable bonds is 6. The van der Waals surface area contributed by atoms with Crippen LogP contribution < -0.4 is 9.64 Å². The number of hydrogen-bond donors (Lipinski definition) is 0. The molecule has 0 spiro atoms. The third-order valence-corrected chi connectivity index (χ3v) is 4.48. The molecule has 124 valence electrons. The van der Waals surface area contributed by atoms with Crippen molar-refractivity contribution in [2.75, 3.05) is 31.8 Å². The summed E-state index contributed by atoms with van der Waals surface area (Å²) in [7, 11) is 1.89. The van der Waals surface area contributed by atoms with Gasteiger partial charge in [0.05, 0.1) is 17.9 Å². The Labute approximate surface area is 148 Å². The van der Waals surface area contributed by atoms with Gasteiger partial charge in [-0.2, -0.15) is 0 Å². The second-order valence-corrected chi connectivity index (χ2v) is 6.43. The maximum atomic E-state index is 12.2. The number of anilines is 1. The van der Waals surface area contributed by atoms with E-state index in [2.05, 4.69) is 15.9 Å². The number of benzene rings is 2. The molecule has 0 unspecified atom stereocenters. The number of para-hydroxylation sites is 1. The van der Waals surface area contributed by atoms with Gasteiger partial charge in [0.2, 0.25) is 0 Å². The van der Waals surface area contributed by atoms with Crippen molar-refractivity contribution in [1.82, 2.24) is 4.90 Å². The second kappa shape index (κ2) is 7.15. The molecule has 0 radical (unpaired) electrons. The maximum Gasteiger partial charge on any atom is 0.300 e. The Morgan fingerprint density at radius 3 is 2.58 bits per heavy atom. The average Bonchev–Trinajstić information content (AvgIpc) is 2.82. The SMILES string of the molecule is CN(CCOc1ccccc1)CN1C(=O)C(=O)c2c(Br)cccc21. The molecular weight excluding hydrogens is 372 g/mol. The van der Waals surface area contributed by atoms with E-state index in [0.29, 0.717) is 35.5 Å². The number of nitrogens with zero attached hydrogens (tertiary/aromatic N) is 2. The highest BCUT2D eigenvalue weighted by Gasteiger charge is 2.37. The largest absolute Gasteiger partial charge is 0.492 e. The number of ether oxygens (including phenoxy) is 1. The quantitative estimate of drug-likeness (QED) is 0.713. The van der Waals surface area contributed by atoms with Crippen molar-refractivity contribution in [3.05, 3.63) is 58.6 Å². The van der Waals surface area contributed by atoms with Crippen LogP contribution in [-0.2, 0) is 4.79 Å². The molecule has 3 rings (SSSR count). The lowest BCUT2D eigenvalue weighted by Gasteiger charge is -2.24. The summed E-state index contributed by atoms with van der Waals surface area (Å²) in [6.45, 7) is 1.48. The van der Waals surface area contributed by atoms with Gasteiger partial charge in [-0.15, -0.1) is 0 Å². The van der Waals surface area contributed by atoms with Crippen LogP contribution in [0.4, 0.5) is 5.69 Å². The van der Waals surface area contributed by atoms with Crippen molar-refractivity contribution in [2.45, 2.75) is 0 Å². The molecule has 2 aromatic carbocycles. The molecule has 0 aliphatic carbocycles. The highest BCUT2D eigenvalue weighted by Crippen LogP contribution is 2.34. The van der Waals surface area contributed by atoms with E-state index >= 15 is 0 Å². The minimum atomic E-state index is -0.493. The molecule has 24 heavy (non-hydrogen) atoms. The lowest BCUT2D eigenvalue weighted by atomic mass is 10.1. The Morgan fingerprint density at radius 2 is 1.83 bits per heavy atom. The highest BCUT2D eigenvalue weighted by atomic mass is 79.9. The van der Waals surface area contributed by atoms with E-state index in [4.69, 9.17) is 4.74 Å². The smallest absolute Gasteiger partial charge is 0.300 e. The molecule has 0 bridgehead atoms. The predicted molar refractivity (Wildman–Crippen MR) is 95.4 cm³/mol. The molecule has 5 nitrogen and oxygen atoms in total. The summed E-state index contributed by atoms with van der Waals surface area (Å²) in [6.07, 6.45) is 0. The van der Waals surface area contributed by atoms with Gasteiger partial charge in [-0.25, -0.2) is 0 Å². The first kappa shape index (κ1) is 16.7. The summed E-state index contributed by atoms with van der Waals surface area (Å²) in [4.78, 5) is 27.8. The van der Waals surface area contributed by atoms with Gasteiger partial charge in [-0.1, -0.05) is 24.3 Å². The van der Waals surface area contributed by atoms with E-state index in [0.717, 1.165) is 5.75 Å². The Kier molecular flexibility index (Phi) is 4.97. The van der Waals surface area contributed by atoms with Crippen LogP contribution in [0, 0.1) is 0 Å². The lowest BCUT2D eigenvalue weighted by Crippen LogP contribution is -2.40. The molecule has 0 saturated heterocycles.